The van der Waals surface area contributed by atoms with Gasteiger partial charge in [-0.05, 0) is 44.9 Å². The number of carbonyl (C=O) groups is 1. The first-order chi connectivity index (χ1) is 28.9. The first-order valence-electron chi connectivity index (χ1n) is 24.9. The van der Waals surface area contributed by atoms with Crippen molar-refractivity contribution in [2.45, 2.75) is 263 Å². The Labute approximate surface area is 362 Å². The van der Waals surface area contributed by atoms with Gasteiger partial charge in [-0.15, -0.1) is 0 Å². The molecule has 6 unspecified atom stereocenters. The molecule has 348 valence electrons. The van der Waals surface area contributed by atoms with Crippen molar-refractivity contribution in [1.29, 1.82) is 0 Å². The predicted molar refractivity (Wildman–Crippen MR) is 242 cm³/mol. The number of hydrogen-bond acceptors (Lipinski definition) is 9. The Kier molecular flexibility index (Phi) is 39.6. The Morgan fingerprint density at radius 1 is 0.542 bits per heavy atom. The molecule has 0 aromatic carbocycles. The summed E-state index contributed by atoms with van der Waals surface area (Å²) >= 11 is 0. The summed E-state index contributed by atoms with van der Waals surface area (Å²) in [5.74, 6) is -0.314. The van der Waals surface area contributed by atoms with E-state index < -0.39 is 43.4 Å². The van der Waals surface area contributed by atoms with Gasteiger partial charge < -0.3 is 39.4 Å². The van der Waals surface area contributed by atoms with Crippen molar-refractivity contribution in [3.8, 4) is 0 Å². The molecular weight excluding hydrogens is 745 g/mol. The third-order valence-corrected chi connectivity index (χ3v) is 11.6. The minimum atomic E-state index is -1.53. The Morgan fingerprint density at radius 3 is 1.46 bits per heavy atom. The monoisotopic (exact) mass is 839 g/mol. The smallest absolute Gasteiger partial charge is 0.306 e. The highest BCUT2D eigenvalue weighted by Crippen LogP contribution is 2.23. The minimum absolute atomic E-state index is 0.111. The van der Waals surface area contributed by atoms with Crippen LogP contribution in [0.1, 0.15) is 226 Å². The van der Waals surface area contributed by atoms with E-state index in [2.05, 4.69) is 38.2 Å². The second kappa shape index (κ2) is 42.0. The highest BCUT2D eigenvalue weighted by molar-refractivity contribution is 5.69. The lowest BCUT2D eigenvalue weighted by Crippen LogP contribution is -2.59. The molecule has 1 aliphatic heterocycles. The molecule has 4 N–H and O–H groups in total. The van der Waals surface area contributed by atoms with Crippen LogP contribution in [0.4, 0.5) is 0 Å². The lowest BCUT2D eigenvalue weighted by atomic mass is 9.99. The van der Waals surface area contributed by atoms with E-state index in [0.29, 0.717) is 13.0 Å². The van der Waals surface area contributed by atoms with Crippen LogP contribution in [0.25, 0.3) is 0 Å². The van der Waals surface area contributed by atoms with Gasteiger partial charge in [0.2, 0.25) is 0 Å². The van der Waals surface area contributed by atoms with Crippen molar-refractivity contribution < 1.29 is 44.2 Å². The number of unbranched alkanes of at least 4 members (excludes halogenated alkanes) is 28. The number of ether oxygens (including phenoxy) is 4. The molecule has 1 aliphatic rings. The number of allylic oxidation sites excluding steroid dienone is 4. The molecule has 9 heteroatoms. The van der Waals surface area contributed by atoms with Crippen LogP contribution in [0.2, 0.25) is 0 Å². The third kappa shape index (κ3) is 33.0. The number of aliphatic hydroxyl groups is 4. The number of carbonyl (C=O) groups excluding carboxylic acids is 1. The van der Waals surface area contributed by atoms with Crippen molar-refractivity contribution in [3.05, 3.63) is 24.3 Å². The van der Waals surface area contributed by atoms with Crippen LogP contribution >= 0.6 is 0 Å². The lowest BCUT2D eigenvalue weighted by Gasteiger charge is -2.39. The Bertz CT molecular complexity index is 957. The molecule has 1 saturated heterocycles. The molecule has 0 aliphatic carbocycles. The summed E-state index contributed by atoms with van der Waals surface area (Å²) in [5.41, 5.74) is 0. The molecule has 0 radical (unpaired) electrons. The van der Waals surface area contributed by atoms with E-state index in [1.165, 1.54) is 167 Å². The molecule has 0 aromatic rings. The second-order valence-corrected chi connectivity index (χ2v) is 17.3. The Morgan fingerprint density at radius 2 is 0.983 bits per heavy atom. The van der Waals surface area contributed by atoms with Crippen molar-refractivity contribution in [1.82, 2.24) is 0 Å². The van der Waals surface area contributed by atoms with E-state index in [0.717, 1.165) is 38.5 Å². The first-order valence-corrected chi connectivity index (χ1v) is 24.9. The van der Waals surface area contributed by atoms with Gasteiger partial charge in [-0.3, -0.25) is 4.79 Å². The summed E-state index contributed by atoms with van der Waals surface area (Å²) in [6.07, 6.45) is 42.0. The fourth-order valence-electron chi connectivity index (χ4n) is 7.70. The summed E-state index contributed by atoms with van der Waals surface area (Å²) in [6, 6.07) is 0. The zero-order valence-corrected chi connectivity index (χ0v) is 38.3. The average molecular weight is 839 g/mol. The summed E-state index contributed by atoms with van der Waals surface area (Å²) in [7, 11) is 0. The highest BCUT2D eigenvalue weighted by Gasteiger charge is 2.44. The van der Waals surface area contributed by atoms with Crippen LogP contribution in [-0.4, -0.2) is 89.6 Å². The summed E-state index contributed by atoms with van der Waals surface area (Å²) in [4.78, 5) is 12.8. The zero-order valence-electron chi connectivity index (χ0n) is 38.3. The Balaban J connectivity index is 2.21. The van der Waals surface area contributed by atoms with Crippen molar-refractivity contribution in [2.75, 3.05) is 26.4 Å². The topological polar surface area (TPSA) is 135 Å². The second-order valence-electron chi connectivity index (χ2n) is 17.3. The number of esters is 1. The van der Waals surface area contributed by atoms with Gasteiger partial charge in [0.05, 0.1) is 19.8 Å². The van der Waals surface area contributed by atoms with E-state index in [1.807, 2.05) is 0 Å². The number of hydrogen-bond donors (Lipinski definition) is 4. The van der Waals surface area contributed by atoms with E-state index in [-0.39, 0.29) is 19.2 Å². The molecular formula is C50H94O9. The molecule has 1 fully saturated rings. The van der Waals surface area contributed by atoms with E-state index >= 15 is 0 Å². The lowest BCUT2D eigenvalue weighted by molar-refractivity contribution is -0.305. The summed E-state index contributed by atoms with van der Waals surface area (Å²) in [5, 5.41) is 40.2. The molecule has 9 nitrogen and oxygen atoms in total. The molecule has 0 aromatic heterocycles. The standard InChI is InChI=1S/C50H94O9/c1-3-5-7-9-11-13-15-17-19-20-21-22-23-24-25-27-29-31-33-35-37-39-46(52)58-44(43-57-50-49(55)48(54)47(53)45(41-51)59-50)42-56-40-38-36-34-32-30-28-26-18-16-14-12-10-8-6-4-2/h15,17,20-21,44-45,47-51,53-55H,3-14,16,18-19,22-43H2,1-2H3/b17-15-,21-20-. The van der Waals surface area contributed by atoms with Crippen LogP contribution in [-0.2, 0) is 23.7 Å². The molecule has 0 saturated carbocycles. The normalized spacial score (nSPS) is 20.3. The van der Waals surface area contributed by atoms with Gasteiger partial charge in [-0.25, -0.2) is 0 Å². The fraction of sp³-hybridized carbons (Fsp3) is 0.900. The number of aliphatic hydroxyl groups excluding tert-OH is 4. The van der Waals surface area contributed by atoms with Crippen molar-refractivity contribution in [2.24, 2.45) is 0 Å². The van der Waals surface area contributed by atoms with Crippen LogP contribution in [0.15, 0.2) is 24.3 Å². The summed E-state index contributed by atoms with van der Waals surface area (Å²) in [6.45, 7) is 4.58. The van der Waals surface area contributed by atoms with Gasteiger partial charge in [0.1, 0.15) is 30.5 Å². The quantitative estimate of drug-likeness (QED) is 0.0269. The van der Waals surface area contributed by atoms with E-state index in [4.69, 9.17) is 18.9 Å². The molecule has 1 heterocycles. The number of rotatable bonds is 43. The fourth-order valence-corrected chi connectivity index (χ4v) is 7.70. The maximum atomic E-state index is 12.8. The van der Waals surface area contributed by atoms with Gasteiger partial charge >= 0.3 is 5.97 Å². The largest absolute Gasteiger partial charge is 0.457 e. The van der Waals surface area contributed by atoms with Gasteiger partial charge in [0.15, 0.2) is 6.29 Å². The highest BCUT2D eigenvalue weighted by atomic mass is 16.7. The van der Waals surface area contributed by atoms with Crippen LogP contribution in [0, 0.1) is 0 Å². The first kappa shape index (κ1) is 55.7. The van der Waals surface area contributed by atoms with Gasteiger partial charge in [-0.2, -0.15) is 0 Å². The van der Waals surface area contributed by atoms with E-state index in [1.54, 1.807) is 0 Å². The van der Waals surface area contributed by atoms with Gasteiger partial charge in [0.25, 0.3) is 0 Å². The predicted octanol–water partition coefficient (Wildman–Crippen LogP) is 11.8. The van der Waals surface area contributed by atoms with E-state index in [9.17, 15) is 25.2 Å². The third-order valence-electron chi connectivity index (χ3n) is 11.6. The molecule has 1 rings (SSSR count). The maximum Gasteiger partial charge on any atom is 0.306 e. The Hall–Kier alpha value is -1.33. The zero-order chi connectivity index (χ0) is 42.9. The molecule has 6 atom stereocenters. The van der Waals surface area contributed by atoms with Crippen molar-refractivity contribution >= 4 is 5.97 Å². The van der Waals surface area contributed by atoms with Crippen LogP contribution in [0.3, 0.4) is 0 Å². The van der Waals surface area contributed by atoms with Gasteiger partial charge in [0, 0.05) is 13.0 Å². The maximum absolute atomic E-state index is 12.8. The van der Waals surface area contributed by atoms with Crippen molar-refractivity contribution in [3.63, 3.8) is 0 Å². The molecule has 0 spiro atoms. The van der Waals surface area contributed by atoms with Crippen LogP contribution in [0.5, 0.6) is 0 Å². The molecule has 59 heavy (non-hydrogen) atoms. The SMILES string of the molecule is CCCCCCC/C=C\C/C=C\CCCCCCCCCCCC(=O)OC(COCCCCCCCCCCCCCCCCC)COC1OC(CO)C(O)C(O)C1O. The molecule has 0 bridgehead atoms. The average Bonchev–Trinajstić information content (AvgIpc) is 3.24. The van der Waals surface area contributed by atoms with Gasteiger partial charge in [-0.1, -0.05) is 199 Å². The summed E-state index contributed by atoms with van der Waals surface area (Å²) < 4.78 is 22.9. The molecule has 0 amide bonds. The minimum Gasteiger partial charge on any atom is -0.457 e. The van der Waals surface area contributed by atoms with Crippen LogP contribution < -0.4 is 0 Å².